The van der Waals surface area contributed by atoms with E-state index in [0.717, 1.165) is 28.6 Å². The number of hydrogen-bond donors (Lipinski definition) is 0. The van der Waals surface area contributed by atoms with E-state index in [1.807, 2.05) is 24.7 Å². The summed E-state index contributed by atoms with van der Waals surface area (Å²) in [4.78, 5) is 13.9. The van der Waals surface area contributed by atoms with Gasteiger partial charge in [0.1, 0.15) is 5.82 Å². The lowest BCUT2D eigenvalue weighted by atomic mass is 9.77. The minimum Gasteiger partial charge on any atom is -0.264 e. The first-order valence-corrected chi connectivity index (χ1v) is 9.79. The normalized spacial score (nSPS) is 20.6. The fraction of sp³-hybridized carbons (Fsp3) is 0.435. The van der Waals surface area contributed by atoms with Gasteiger partial charge in [-0.1, -0.05) is 19.9 Å². The molecule has 26 heavy (non-hydrogen) atoms. The van der Waals surface area contributed by atoms with Crippen LogP contribution in [-0.4, -0.2) is 15.0 Å². The van der Waals surface area contributed by atoms with Crippen molar-refractivity contribution in [1.29, 1.82) is 0 Å². The maximum absolute atomic E-state index is 4.90. The third-order valence-corrected chi connectivity index (χ3v) is 6.03. The summed E-state index contributed by atoms with van der Waals surface area (Å²) in [6, 6.07) is 8.51. The predicted molar refractivity (Wildman–Crippen MR) is 107 cm³/mol. The van der Waals surface area contributed by atoms with Crippen LogP contribution in [0.3, 0.4) is 0 Å². The Balaban J connectivity index is 1.59. The lowest BCUT2D eigenvalue weighted by Crippen LogP contribution is -2.18. The van der Waals surface area contributed by atoms with Crippen LogP contribution in [0.2, 0.25) is 0 Å². The zero-order valence-corrected chi connectivity index (χ0v) is 15.9. The molecule has 0 saturated heterocycles. The van der Waals surface area contributed by atoms with E-state index in [2.05, 4.69) is 44.0 Å². The number of nitrogens with zero attached hydrogens (tertiary/aromatic N) is 3. The molecule has 3 aromatic rings. The number of hydrogen-bond acceptors (Lipinski definition) is 3. The largest absolute Gasteiger partial charge is 0.264 e. The number of aryl methyl sites for hydroxylation is 1. The molecule has 2 aromatic heterocycles. The smallest absolute Gasteiger partial charge is 0.132 e. The Kier molecular flexibility index (Phi) is 4.71. The van der Waals surface area contributed by atoms with Crippen LogP contribution in [0, 0.1) is 18.8 Å². The second-order valence-electron chi connectivity index (χ2n) is 8.05. The molecule has 134 valence electrons. The molecule has 1 aromatic carbocycles. The highest BCUT2D eigenvalue weighted by Gasteiger charge is 2.25. The van der Waals surface area contributed by atoms with Crippen molar-refractivity contribution in [1.82, 2.24) is 15.0 Å². The molecule has 1 aliphatic carbocycles. The molecule has 0 amide bonds. The summed E-state index contributed by atoms with van der Waals surface area (Å²) < 4.78 is 0. The van der Waals surface area contributed by atoms with E-state index in [-0.39, 0.29) is 0 Å². The van der Waals surface area contributed by atoms with Gasteiger partial charge < -0.3 is 0 Å². The first kappa shape index (κ1) is 17.1. The number of pyridine rings is 1. The Morgan fingerprint density at radius 1 is 1.00 bits per heavy atom. The van der Waals surface area contributed by atoms with Crippen LogP contribution in [0.15, 0.2) is 42.9 Å². The fourth-order valence-electron chi connectivity index (χ4n) is 4.22. The van der Waals surface area contributed by atoms with Crippen LogP contribution in [-0.2, 0) is 0 Å². The summed E-state index contributed by atoms with van der Waals surface area (Å²) in [5.41, 5.74) is 4.63. The van der Waals surface area contributed by atoms with Gasteiger partial charge in [0.05, 0.1) is 5.52 Å². The second kappa shape index (κ2) is 7.14. The summed E-state index contributed by atoms with van der Waals surface area (Å²) in [7, 11) is 0. The zero-order valence-electron chi connectivity index (χ0n) is 15.9. The Bertz CT molecular complexity index is 908. The molecule has 1 saturated carbocycles. The van der Waals surface area contributed by atoms with Gasteiger partial charge in [0, 0.05) is 35.5 Å². The SMILES string of the molecule is Cc1ccncc1-c1ccc2nc(C3CCC(C(C)C)CC3)ncc2c1. The van der Waals surface area contributed by atoms with Crippen molar-refractivity contribution in [2.24, 2.45) is 11.8 Å². The van der Waals surface area contributed by atoms with Crippen molar-refractivity contribution in [3.05, 3.63) is 54.2 Å². The molecule has 0 bridgehead atoms. The molecule has 0 unspecified atom stereocenters. The fourth-order valence-corrected chi connectivity index (χ4v) is 4.22. The molecule has 1 aliphatic rings. The monoisotopic (exact) mass is 345 g/mol. The van der Waals surface area contributed by atoms with Gasteiger partial charge in [-0.05, 0) is 73.8 Å². The third-order valence-electron chi connectivity index (χ3n) is 6.03. The van der Waals surface area contributed by atoms with E-state index in [0.29, 0.717) is 5.92 Å². The Hall–Kier alpha value is -2.29. The maximum atomic E-state index is 4.90. The Labute approximate surface area is 155 Å². The quantitative estimate of drug-likeness (QED) is 0.590. The Morgan fingerprint density at radius 3 is 2.54 bits per heavy atom. The van der Waals surface area contributed by atoms with E-state index >= 15 is 0 Å². The minimum atomic E-state index is 0.523. The van der Waals surface area contributed by atoms with E-state index in [1.54, 1.807) is 0 Å². The summed E-state index contributed by atoms with van der Waals surface area (Å²) in [5, 5.41) is 1.10. The molecule has 0 N–H and O–H groups in total. The van der Waals surface area contributed by atoms with Crippen LogP contribution >= 0.6 is 0 Å². The van der Waals surface area contributed by atoms with Gasteiger partial charge in [-0.25, -0.2) is 9.97 Å². The highest BCUT2D eigenvalue weighted by molar-refractivity contribution is 5.84. The summed E-state index contributed by atoms with van der Waals surface area (Å²) in [5.74, 6) is 3.22. The van der Waals surface area contributed by atoms with Gasteiger partial charge in [-0.3, -0.25) is 4.98 Å². The first-order chi connectivity index (χ1) is 12.6. The first-order valence-electron chi connectivity index (χ1n) is 9.79. The van der Waals surface area contributed by atoms with E-state index in [9.17, 15) is 0 Å². The number of rotatable bonds is 3. The highest BCUT2D eigenvalue weighted by atomic mass is 14.9. The maximum Gasteiger partial charge on any atom is 0.132 e. The standard InChI is InChI=1S/C23H27N3/c1-15(2)17-4-6-18(7-5-17)23-25-13-20-12-19(8-9-22(20)26-23)21-14-24-11-10-16(21)3/h8-15,17-18H,4-7H2,1-3H3. The Morgan fingerprint density at radius 2 is 1.81 bits per heavy atom. The zero-order chi connectivity index (χ0) is 18.1. The number of benzene rings is 1. The second-order valence-corrected chi connectivity index (χ2v) is 8.05. The molecular formula is C23H27N3. The van der Waals surface area contributed by atoms with Crippen molar-refractivity contribution >= 4 is 10.9 Å². The van der Waals surface area contributed by atoms with Crippen LogP contribution < -0.4 is 0 Å². The lowest BCUT2D eigenvalue weighted by molar-refractivity contribution is 0.255. The minimum absolute atomic E-state index is 0.523. The lowest BCUT2D eigenvalue weighted by Gasteiger charge is -2.30. The van der Waals surface area contributed by atoms with Crippen molar-refractivity contribution in [3.8, 4) is 11.1 Å². The number of fused-ring (bicyclic) bond motifs is 1. The molecule has 0 radical (unpaired) electrons. The van der Waals surface area contributed by atoms with Crippen LogP contribution in [0.5, 0.6) is 0 Å². The van der Waals surface area contributed by atoms with Crippen molar-refractivity contribution in [2.45, 2.75) is 52.4 Å². The summed E-state index contributed by atoms with van der Waals surface area (Å²) >= 11 is 0. The molecule has 3 heteroatoms. The van der Waals surface area contributed by atoms with E-state index < -0.39 is 0 Å². The van der Waals surface area contributed by atoms with Crippen LogP contribution in [0.25, 0.3) is 22.0 Å². The molecule has 0 spiro atoms. The average Bonchev–Trinajstić information content (AvgIpc) is 2.67. The predicted octanol–water partition coefficient (Wildman–Crippen LogP) is 5.93. The van der Waals surface area contributed by atoms with Crippen LogP contribution in [0.4, 0.5) is 0 Å². The molecule has 0 atom stereocenters. The van der Waals surface area contributed by atoms with Crippen molar-refractivity contribution in [2.75, 3.05) is 0 Å². The molecular weight excluding hydrogens is 318 g/mol. The van der Waals surface area contributed by atoms with Gasteiger partial charge in [0.2, 0.25) is 0 Å². The third kappa shape index (κ3) is 3.35. The van der Waals surface area contributed by atoms with Gasteiger partial charge in [0.25, 0.3) is 0 Å². The van der Waals surface area contributed by atoms with Crippen molar-refractivity contribution < 1.29 is 0 Å². The molecule has 2 heterocycles. The van der Waals surface area contributed by atoms with Gasteiger partial charge in [0.15, 0.2) is 0 Å². The number of aromatic nitrogens is 3. The molecule has 1 fully saturated rings. The van der Waals surface area contributed by atoms with Gasteiger partial charge in [-0.2, -0.15) is 0 Å². The average molecular weight is 345 g/mol. The van der Waals surface area contributed by atoms with Crippen molar-refractivity contribution in [3.63, 3.8) is 0 Å². The summed E-state index contributed by atoms with van der Waals surface area (Å²) in [6.45, 7) is 6.81. The van der Waals surface area contributed by atoms with E-state index in [1.165, 1.54) is 42.4 Å². The van der Waals surface area contributed by atoms with Gasteiger partial charge in [-0.15, -0.1) is 0 Å². The summed E-state index contributed by atoms with van der Waals surface area (Å²) in [6.07, 6.45) is 10.8. The molecule has 4 rings (SSSR count). The van der Waals surface area contributed by atoms with Crippen LogP contribution in [0.1, 0.15) is 56.8 Å². The highest BCUT2D eigenvalue weighted by Crippen LogP contribution is 2.37. The topological polar surface area (TPSA) is 38.7 Å². The molecule has 0 aliphatic heterocycles. The molecule has 3 nitrogen and oxygen atoms in total. The van der Waals surface area contributed by atoms with Gasteiger partial charge >= 0.3 is 0 Å². The van der Waals surface area contributed by atoms with E-state index in [4.69, 9.17) is 9.97 Å².